The normalized spacial score (nSPS) is 8.73. The molecule has 56 valence electrons. The summed E-state index contributed by atoms with van der Waals surface area (Å²) in [6, 6.07) is 5.49. The smallest absolute Gasteiger partial charge is 0.140 e. The molecule has 0 atom stereocenters. The Labute approximate surface area is 65.7 Å². The standard InChI is InChI=1S/C8H9N3/c1-2-10-8-4-3-7(5-9)11-6-8/h3-4,6,10H,2H2,1H3. The summed E-state index contributed by atoms with van der Waals surface area (Å²) in [7, 11) is 0. The second-order valence-electron chi connectivity index (χ2n) is 2.07. The van der Waals surface area contributed by atoms with Crippen LogP contribution in [-0.2, 0) is 0 Å². The zero-order chi connectivity index (χ0) is 8.10. The maximum atomic E-state index is 8.43. The molecule has 1 aromatic rings. The number of nitrogens with one attached hydrogen (secondary N) is 1. The summed E-state index contributed by atoms with van der Waals surface area (Å²) in [4.78, 5) is 3.89. The van der Waals surface area contributed by atoms with Gasteiger partial charge in [-0.1, -0.05) is 0 Å². The third kappa shape index (κ3) is 1.94. The number of rotatable bonds is 2. The molecule has 0 fully saturated rings. The summed E-state index contributed by atoms with van der Waals surface area (Å²) in [6.07, 6.45) is 1.65. The number of hydrogen-bond acceptors (Lipinski definition) is 3. The van der Waals surface area contributed by atoms with E-state index < -0.39 is 0 Å². The molecule has 1 aromatic heterocycles. The first-order valence-corrected chi connectivity index (χ1v) is 3.47. The average Bonchev–Trinajstić information content (AvgIpc) is 2.07. The first kappa shape index (κ1) is 7.55. The highest BCUT2D eigenvalue weighted by Gasteiger charge is 1.90. The van der Waals surface area contributed by atoms with Crippen molar-refractivity contribution < 1.29 is 0 Å². The molecular weight excluding hydrogens is 138 g/mol. The van der Waals surface area contributed by atoms with Crippen LogP contribution in [0.25, 0.3) is 0 Å². The van der Waals surface area contributed by atoms with Crippen molar-refractivity contribution in [2.24, 2.45) is 0 Å². The van der Waals surface area contributed by atoms with Gasteiger partial charge in [-0.3, -0.25) is 0 Å². The van der Waals surface area contributed by atoms with E-state index in [0.717, 1.165) is 12.2 Å². The minimum Gasteiger partial charge on any atom is -0.384 e. The zero-order valence-electron chi connectivity index (χ0n) is 6.33. The molecule has 1 N–H and O–H groups in total. The van der Waals surface area contributed by atoms with Crippen molar-refractivity contribution in [2.75, 3.05) is 11.9 Å². The third-order valence-electron chi connectivity index (χ3n) is 1.26. The summed E-state index contributed by atoms with van der Waals surface area (Å²) in [6.45, 7) is 2.88. The molecular formula is C8H9N3. The highest BCUT2D eigenvalue weighted by Crippen LogP contribution is 2.03. The minimum atomic E-state index is 0.451. The first-order valence-electron chi connectivity index (χ1n) is 3.47. The van der Waals surface area contributed by atoms with Gasteiger partial charge in [0.05, 0.1) is 11.9 Å². The predicted molar refractivity (Wildman–Crippen MR) is 43.1 cm³/mol. The number of hydrogen-bond donors (Lipinski definition) is 1. The van der Waals surface area contributed by atoms with Crippen molar-refractivity contribution in [3.05, 3.63) is 24.0 Å². The van der Waals surface area contributed by atoms with Gasteiger partial charge in [-0.05, 0) is 19.1 Å². The van der Waals surface area contributed by atoms with Crippen LogP contribution in [0.3, 0.4) is 0 Å². The summed E-state index contributed by atoms with van der Waals surface area (Å²) in [5, 5.41) is 11.5. The molecule has 0 saturated carbocycles. The van der Waals surface area contributed by atoms with Crippen LogP contribution < -0.4 is 5.32 Å². The Bertz CT molecular complexity index is 258. The number of aromatic nitrogens is 1. The molecule has 0 spiro atoms. The second kappa shape index (κ2) is 3.57. The van der Waals surface area contributed by atoms with Crippen molar-refractivity contribution >= 4 is 5.69 Å². The van der Waals surface area contributed by atoms with E-state index in [1.54, 1.807) is 12.3 Å². The van der Waals surface area contributed by atoms with Gasteiger partial charge in [-0.15, -0.1) is 0 Å². The lowest BCUT2D eigenvalue weighted by atomic mass is 10.3. The van der Waals surface area contributed by atoms with Gasteiger partial charge in [0.15, 0.2) is 0 Å². The fourth-order valence-electron chi connectivity index (χ4n) is 0.769. The van der Waals surface area contributed by atoms with Crippen molar-refractivity contribution in [1.82, 2.24) is 4.98 Å². The van der Waals surface area contributed by atoms with Gasteiger partial charge in [0.1, 0.15) is 11.8 Å². The van der Waals surface area contributed by atoms with E-state index in [-0.39, 0.29) is 0 Å². The lowest BCUT2D eigenvalue weighted by Gasteiger charge is -1.99. The Morgan fingerprint density at radius 3 is 2.91 bits per heavy atom. The Hall–Kier alpha value is -1.56. The second-order valence-corrected chi connectivity index (χ2v) is 2.07. The lowest BCUT2D eigenvalue weighted by Crippen LogP contribution is -1.96. The van der Waals surface area contributed by atoms with Crippen LogP contribution in [0, 0.1) is 11.3 Å². The van der Waals surface area contributed by atoms with Gasteiger partial charge in [-0.2, -0.15) is 5.26 Å². The van der Waals surface area contributed by atoms with Crippen LogP contribution in [0.5, 0.6) is 0 Å². The minimum absolute atomic E-state index is 0.451. The fourth-order valence-corrected chi connectivity index (χ4v) is 0.769. The highest BCUT2D eigenvalue weighted by atomic mass is 14.9. The Morgan fingerprint density at radius 1 is 1.64 bits per heavy atom. The molecule has 1 heterocycles. The number of nitrogens with zero attached hydrogens (tertiary/aromatic N) is 2. The zero-order valence-corrected chi connectivity index (χ0v) is 6.33. The number of anilines is 1. The summed E-state index contributed by atoms with van der Waals surface area (Å²) < 4.78 is 0. The van der Waals surface area contributed by atoms with Crippen LogP contribution in [0.1, 0.15) is 12.6 Å². The molecule has 1 rings (SSSR count). The van der Waals surface area contributed by atoms with Crippen molar-refractivity contribution in [3.63, 3.8) is 0 Å². The maximum Gasteiger partial charge on any atom is 0.140 e. The van der Waals surface area contributed by atoms with E-state index in [9.17, 15) is 0 Å². The van der Waals surface area contributed by atoms with Crippen LogP contribution in [0.15, 0.2) is 18.3 Å². The Morgan fingerprint density at radius 2 is 2.45 bits per heavy atom. The summed E-state index contributed by atoms with van der Waals surface area (Å²) >= 11 is 0. The van der Waals surface area contributed by atoms with Crippen LogP contribution in [-0.4, -0.2) is 11.5 Å². The van der Waals surface area contributed by atoms with Crippen LogP contribution >= 0.6 is 0 Å². The molecule has 0 saturated heterocycles. The van der Waals surface area contributed by atoms with Crippen LogP contribution in [0.2, 0.25) is 0 Å². The molecule has 0 unspecified atom stereocenters. The summed E-state index contributed by atoms with van der Waals surface area (Å²) in [5.41, 5.74) is 1.40. The quantitative estimate of drug-likeness (QED) is 0.687. The maximum absolute atomic E-state index is 8.43. The topological polar surface area (TPSA) is 48.7 Å². The molecule has 11 heavy (non-hydrogen) atoms. The van der Waals surface area contributed by atoms with E-state index in [0.29, 0.717) is 5.69 Å². The molecule has 0 aliphatic carbocycles. The van der Waals surface area contributed by atoms with Crippen molar-refractivity contribution in [3.8, 4) is 6.07 Å². The molecule has 0 aliphatic rings. The van der Waals surface area contributed by atoms with Crippen molar-refractivity contribution in [1.29, 1.82) is 5.26 Å². The van der Waals surface area contributed by atoms with Gasteiger partial charge in [0.2, 0.25) is 0 Å². The van der Waals surface area contributed by atoms with E-state index in [1.807, 2.05) is 19.1 Å². The Kier molecular flexibility index (Phi) is 2.45. The van der Waals surface area contributed by atoms with Gasteiger partial charge in [-0.25, -0.2) is 4.98 Å². The van der Waals surface area contributed by atoms with Gasteiger partial charge < -0.3 is 5.32 Å². The van der Waals surface area contributed by atoms with Crippen LogP contribution in [0.4, 0.5) is 5.69 Å². The monoisotopic (exact) mass is 147 g/mol. The largest absolute Gasteiger partial charge is 0.384 e. The van der Waals surface area contributed by atoms with Gasteiger partial charge >= 0.3 is 0 Å². The Balaban J connectivity index is 2.76. The predicted octanol–water partition coefficient (Wildman–Crippen LogP) is 1.39. The van der Waals surface area contributed by atoms with E-state index in [2.05, 4.69) is 10.3 Å². The molecule has 3 nitrogen and oxygen atoms in total. The first-order chi connectivity index (χ1) is 5.36. The molecule has 0 aliphatic heterocycles. The van der Waals surface area contributed by atoms with E-state index in [1.165, 1.54) is 0 Å². The highest BCUT2D eigenvalue weighted by molar-refractivity contribution is 5.42. The SMILES string of the molecule is CCNc1ccc(C#N)nc1. The average molecular weight is 147 g/mol. The van der Waals surface area contributed by atoms with E-state index in [4.69, 9.17) is 5.26 Å². The number of nitriles is 1. The van der Waals surface area contributed by atoms with Gasteiger partial charge in [0, 0.05) is 6.54 Å². The summed E-state index contributed by atoms with van der Waals surface area (Å²) in [5.74, 6) is 0. The van der Waals surface area contributed by atoms with E-state index >= 15 is 0 Å². The van der Waals surface area contributed by atoms with Gasteiger partial charge in [0.25, 0.3) is 0 Å². The third-order valence-corrected chi connectivity index (χ3v) is 1.26. The van der Waals surface area contributed by atoms with Crippen molar-refractivity contribution in [2.45, 2.75) is 6.92 Å². The molecule has 0 amide bonds. The molecule has 0 bridgehead atoms. The molecule has 0 radical (unpaired) electrons. The lowest BCUT2D eigenvalue weighted by molar-refractivity contribution is 1.18. The fraction of sp³-hybridized carbons (Fsp3) is 0.250. The number of pyridine rings is 1. The molecule has 0 aromatic carbocycles. The molecule has 3 heteroatoms.